The summed E-state index contributed by atoms with van der Waals surface area (Å²) in [5.41, 5.74) is 0.403. The van der Waals surface area contributed by atoms with Crippen LogP contribution < -0.4 is 0 Å². The van der Waals surface area contributed by atoms with Crippen LogP contribution in [0.2, 0.25) is 0 Å². The Hall–Kier alpha value is -3.40. The maximum atomic E-state index is 13.2. The monoisotopic (exact) mass is 550 g/mol. The average Bonchev–Trinajstić information content (AvgIpc) is 2.89. The van der Waals surface area contributed by atoms with Gasteiger partial charge in [0.25, 0.3) is 0 Å². The number of carbonyl (C=O) groups is 1. The van der Waals surface area contributed by atoms with E-state index in [9.17, 15) is 36.2 Å². The fourth-order valence-electron chi connectivity index (χ4n) is 5.33. The van der Waals surface area contributed by atoms with Crippen molar-refractivity contribution in [3.8, 4) is 0 Å². The lowest BCUT2D eigenvalue weighted by atomic mass is 9.82. The molecule has 39 heavy (non-hydrogen) atoms. The second kappa shape index (κ2) is 11.8. The van der Waals surface area contributed by atoms with Gasteiger partial charge < -0.3 is 5.11 Å². The number of piperidine rings is 1. The number of nitrogens with zero attached hydrogens (tertiary/aromatic N) is 2. The zero-order valence-corrected chi connectivity index (χ0v) is 20.9. The summed E-state index contributed by atoms with van der Waals surface area (Å²) in [4.78, 5) is 17.2. The summed E-state index contributed by atoms with van der Waals surface area (Å²) in [7, 11) is 0. The molecule has 1 aromatic heterocycles. The maximum Gasteiger partial charge on any atom is 0.433 e. The number of carboxylic acid groups (broad SMARTS) is 1. The molecule has 0 aliphatic carbocycles. The number of rotatable bonds is 8. The molecular formula is C29H28F6N2O2. The zero-order chi connectivity index (χ0) is 28.2. The number of aliphatic carboxylic acids is 1. The van der Waals surface area contributed by atoms with Crippen LogP contribution in [-0.2, 0) is 23.6 Å². The highest BCUT2D eigenvalue weighted by atomic mass is 19.4. The zero-order valence-electron chi connectivity index (χ0n) is 20.9. The van der Waals surface area contributed by atoms with Gasteiger partial charge in [0, 0.05) is 24.7 Å². The second-order valence-electron chi connectivity index (χ2n) is 9.88. The van der Waals surface area contributed by atoms with Gasteiger partial charge in [-0.15, -0.1) is 0 Å². The molecule has 208 valence electrons. The largest absolute Gasteiger partial charge is 0.481 e. The minimum Gasteiger partial charge on any atom is -0.481 e. The molecule has 4 nitrogen and oxygen atoms in total. The SMILES string of the molecule is O=C(O)C[C@@H]1CCN([C@H](CCc2ccccc2)c2ccc(C(F)(F)F)nc2)[C@H](c2ccc(C(F)(F)F)cc2)C1. The molecule has 4 rings (SSSR count). The van der Waals surface area contributed by atoms with Crippen molar-refractivity contribution in [1.29, 1.82) is 0 Å². The molecule has 0 saturated carbocycles. The van der Waals surface area contributed by atoms with E-state index in [0.717, 1.165) is 23.8 Å². The van der Waals surface area contributed by atoms with E-state index in [1.807, 2.05) is 30.3 Å². The number of pyridine rings is 1. The molecular weight excluding hydrogens is 522 g/mol. The maximum absolute atomic E-state index is 13.2. The van der Waals surface area contributed by atoms with Gasteiger partial charge in [0.05, 0.1) is 5.56 Å². The minimum atomic E-state index is -4.59. The van der Waals surface area contributed by atoms with Crippen molar-refractivity contribution in [3.05, 3.63) is 101 Å². The van der Waals surface area contributed by atoms with Gasteiger partial charge >= 0.3 is 18.3 Å². The number of carboxylic acids is 1. The second-order valence-corrected chi connectivity index (χ2v) is 9.88. The number of hydrogen-bond acceptors (Lipinski definition) is 3. The molecule has 1 N–H and O–H groups in total. The molecule has 0 unspecified atom stereocenters. The number of alkyl halides is 6. The first kappa shape index (κ1) is 28.6. The normalized spacial score (nSPS) is 19.5. The van der Waals surface area contributed by atoms with Gasteiger partial charge in [0.2, 0.25) is 0 Å². The first-order valence-electron chi connectivity index (χ1n) is 12.6. The predicted molar refractivity (Wildman–Crippen MR) is 133 cm³/mol. The summed E-state index contributed by atoms with van der Waals surface area (Å²) in [6, 6.07) is 15.9. The molecule has 0 radical (unpaired) electrons. The van der Waals surface area contributed by atoms with E-state index in [1.165, 1.54) is 24.4 Å². The van der Waals surface area contributed by atoms with Crippen LogP contribution in [0.4, 0.5) is 26.3 Å². The van der Waals surface area contributed by atoms with Gasteiger partial charge in [0.15, 0.2) is 0 Å². The third-order valence-electron chi connectivity index (χ3n) is 7.25. The predicted octanol–water partition coefficient (Wildman–Crippen LogP) is 7.72. The van der Waals surface area contributed by atoms with Crippen molar-refractivity contribution in [2.75, 3.05) is 6.54 Å². The molecule has 3 atom stereocenters. The van der Waals surface area contributed by atoms with Gasteiger partial charge in [-0.25, -0.2) is 0 Å². The number of aromatic nitrogens is 1. The highest BCUT2D eigenvalue weighted by Crippen LogP contribution is 2.43. The Bertz CT molecular complexity index is 1230. The van der Waals surface area contributed by atoms with E-state index in [4.69, 9.17) is 0 Å². The number of aryl methyl sites for hydroxylation is 1. The number of hydrogen-bond donors (Lipinski definition) is 1. The Morgan fingerprint density at radius 1 is 0.949 bits per heavy atom. The van der Waals surface area contributed by atoms with Crippen LogP contribution in [0.5, 0.6) is 0 Å². The third-order valence-corrected chi connectivity index (χ3v) is 7.25. The highest BCUT2D eigenvalue weighted by Gasteiger charge is 2.37. The molecule has 1 aliphatic heterocycles. The summed E-state index contributed by atoms with van der Waals surface area (Å²) in [5, 5.41) is 9.36. The summed E-state index contributed by atoms with van der Waals surface area (Å²) in [6.07, 6.45) is -5.87. The summed E-state index contributed by atoms with van der Waals surface area (Å²) >= 11 is 0. The summed E-state index contributed by atoms with van der Waals surface area (Å²) in [5.74, 6) is -1.14. The minimum absolute atomic E-state index is 0.0680. The quantitative estimate of drug-likeness (QED) is 0.292. The van der Waals surface area contributed by atoms with Gasteiger partial charge in [-0.3, -0.25) is 14.7 Å². The average molecular weight is 551 g/mol. The molecule has 3 aromatic rings. The van der Waals surface area contributed by atoms with E-state index in [-0.39, 0.29) is 12.3 Å². The van der Waals surface area contributed by atoms with Crippen LogP contribution in [0.25, 0.3) is 0 Å². The molecule has 2 aromatic carbocycles. The van der Waals surface area contributed by atoms with Gasteiger partial charge in [-0.05, 0) is 73.0 Å². The fourth-order valence-corrected chi connectivity index (χ4v) is 5.33. The summed E-state index contributed by atoms with van der Waals surface area (Å²) < 4.78 is 79.2. The standard InChI is InChI=1S/C29H28F6N2O2/c30-28(31,32)23-10-7-21(8-11-23)25-16-20(17-27(38)39)14-15-37(25)24(12-6-19-4-2-1-3-5-19)22-9-13-26(36-18-22)29(33,34)35/h1-5,7-11,13,18,20,24-25H,6,12,14-17H2,(H,38,39)/t20-,24-,25+/m1/s1. The van der Waals surface area contributed by atoms with Crippen LogP contribution >= 0.6 is 0 Å². The topological polar surface area (TPSA) is 53.4 Å². The van der Waals surface area contributed by atoms with Crippen molar-refractivity contribution in [2.45, 2.75) is 56.5 Å². The van der Waals surface area contributed by atoms with Crippen LogP contribution in [0.15, 0.2) is 72.9 Å². The van der Waals surface area contributed by atoms with Crippen LogP contribution in [0.3, 0.4) is 0 Å². The Labute approximate surface area is 222 Å². The van der Waals surface area contributed by atoms with E-state index in [2.05, 4.69) is 9.88 Å². The van der Waals surface area contributed by atoms with Crippen LogP contribution in [-0.4, -0.2) is 27.5 Å². The number of benzene rings is 2. The molecule has 2 heterocycles. The van der Waals surface area contributed by atoms with Gasteiger partial charge in [0.1, 0.15) is 5.69 Å². The lowest BCUT2D eigenvalue weighted by Gasteiger charge is -2.44. The molecule has 0 bridgehead atoms. The molecule has 1 saturated heterocycles. The first-order chi connectivity index (χ1) is 18.4. The molecule has 10 heteroatoms. The van der Waals surface area contributed by atoms with Crippen molar-refractivity contribution in [3.63, 3.8) is 0 Å². The fraction of sp³-hybridized carbons (Fsp3) is 0.379. The van der Waals surface area contributed by atoms with Crippen LogP contribution in [0.1, 0.15) is 65.7 Å². The number of halogens is 6. The Morgan fingerprint density at radius 2 is 1.64 bits per heavy atom. The van der Waals surface area contributed by atoms with Crippen LogP contribution in [0, 0.1) is 5.92 Å². The number of likely N-dealkylation sites (tertiary alicyclic amines) is 1. The van der Waals surface area contributed by atoms with Crippen molar-refractivity contribution < 1.29 is 36.2 Å². The highest BCUT2D eigenvalue weighted by molar-refractivity contribution is 5.67. The van der Waals surface area contributed by atoms with E-state index < -0.39 is 41.7 Å². The van der Waals surface area contributed by atoms with Gasteiger partial charge in [-0.1, -0.05) is 48.5 Å². The third kappa shape index (κ3) is 7.38. The van der Waals surface area contributed by atoms with E-state index in [0.29, 0.717) is 43.4 Å². The van der Waals surface area contributed by atoms with Gasteiger partial charge in [-0.2, -0.15) is 26.3 Å². The smallest absolute Gasteiger partial charge is 0.433 e. The lowest BCUT2D eigenvalue weighted by molar-refractivity contribution is -0.141. The Morgan fingerprint density at radius 3 is 2.21 bits per heavy atom. The van der Waals surface area contributed by atoms with Crippen molar-refractivity contribution in [1.82, 2.24) is 9.88 Å². The van der Waals surface area contributed by atoms with E-state index >= 15 is 0 Å². The van der Waals surface area contributed by atoms with E-state index in [1.54, 1.807) is 0 Å². The molecule has 1 fully saturated rings. The summed E-state index contributed by atoms with van der Waals surface area (Å²) in [6.45, 7) is 0.435. The molecule has 1 aliphatic rings. The van der Waals surface area contributed by atoms with Crippen molar-refractivity contribution in [2.24, 2.45) is 5.92 Å². The molecule has 0 amide bonds. The Balaban J connectivity index is 1.70. The molecule has 0 spiro atoms. The lowest BCUT2D eigenvalue weighted by Crippen LogP contribution is -2.40. The first-order valence-corrected chi connectivity index (χ1v) is 12.6. The van der Waals surface area contributed by atoms with Crippen molar-refractivity contribution >= 4 is 5.97 Å². The Kier molecular flexibility index (Phi) is 8.64.